The average molecular weight is 400 g/mol. The predicted molar refractivity (Wildman–Crippen MR) is 118 cm³/mol. The van der Waals surface area contributed by atoms with Crippen molar-refractivity contribution in [1.29, 1.82) is 0 Å². The van der Waals surface area contributed by atoms with Crippen LogP contribution in [-0.2, 0) is 0 Å². The van der Waals surface area contributed by atoms with Gasteiger partial charge in [-0.05, 0) is 12.0 Å². The molecule has 6 nitrogen and oxygen atoms in total. The van der Waals surface area contributed by atoms with Gasteiger partial charge in [0.05, 0.1) is 11.5 Å². The van der Waals surface area contributed by atoms with Gasteiger partial charge in [0.25, 0.3) is 0 Å². The minimum Gasteiger partial charge on any atom is -0.437 e. The number of furan rings is 1. The second-order valence-corrected chi connectivity index (χ2v) is 7.61. The summed E-state index contributed by atoms with van der Waals surface area (Å²) in [6.07, 6.45) is 2.18. The van der Waals surface area contributed by atoms with Crippen LogP contribution in [-0.4, -0.2) is 52.3 Å². The Labute approximate surface area is 175 Å². The molecule has 2 aromatic carbocycles. The molecule has 152 valence electrons. The first-order valence-corrected chi connectivity index (χ1v) is 10.3. The molecule has 0 aliphatic carbocycles. The number of fused-ring (bicyclic) bond motifs is 1. The standard InChI is InChI=1S/C24H24N4O2/c29-19-11-13-28(15-19)14-12-25-23-21-20(17-7-3-1-4-8-17)22(18-9-5-2-6-10-18)30-24(21)27-16-26-23/h1-10,16,19,29H,11-15H2,(H,25,26,27). The summed E-state index contributed by atoms with van der Waals surface area (Å²) in [7, 11) is 0. The first-order valence-electron chi connectivity index (χ1n) is 10.3. The van der Waals surface area contributed by atoms with Crippen LogP contribution in [0.4, 0.5) is 5.82 Å². The van der Waals surface area contributed by atoms with E-state index in [0.717, 1.165) is 66.3 Å². The third-order valence-corrected chi connectivity index (χ3v) is 5.55. The van der Waals surface area contributed by atoms with Crippen LogP contribution in [0.5, 0.6) is 0 Å². The number of benzene rings is 2. The Morgan fingerprint density at radius 2 is 1.73 bits per heavy atom. The molecule has 5 rings (SSSR count). The number of hydrogen-bond acceptors (Lipinski definition) is 6. The number of anilines is 1. The summed E-state index contributed by atoms with van der Waals surface area (Å²) in [4.78, 5) is 11.2. The van der Waals surface area contributed by atoms with E-state index in [-0.39, 0.29) is 6.10 Å². The molecule has 1 atom stereocenters. The first kappa shape index (κ1) is 18.8. The number of nitrogens with one attached hydrogen (secondary N) is 1. The maximum Gasteiger partial charge on any atom is 0.232 e. The van der Waals surface area contributed by atoms with Crippen molar-refractivity contribution >= 4 is 16.9 Å². The molecule has 2 N–H and O–H groups in total. The quantitative estimate of drug-likeness (QED) is 0.509. The maximum absolute atomic E-state index is 9.74. The number of aliphatic hydroxyl groups is 1. The lowest BCUT2D eigenvalue weighted by Gasteiger charge is -2.15. The minimum atomic E-state index is -0.206. The van der Waals surface area contributed by atoms with Gasteiger partial charge in [0.1, 0.15) is 17.9 Å². The fraction of sp³-hybridized carbons (Fsp3) is 0.250. The number of aromatic nitrogens is 2. The zero-order chi connectivity index (χ0) is 20.3. The highest BCUT2D eigenvalue weighted by Gasteiger charge is 2.23. The molecule has 6 heteroatoms. The lowest BCUT2D eigenvalue weighted by molar-refractivity contribution is 0.177. The second-order valence-electron chi connectivity index (χ2n) is 7.61. The minimum absolute atomic E-state index is 0.206. The van der Waals surface area contributed by atoms with Gasteiger partial charge in [-0.15, -0.1) is 0 Å². The zero-order valence-corrected chi connectivity index (χ0v) is 16.7. The number of aliphatic hydroxyl groups excluding tert-OH is 1. The number of nitrogens with zero attached hydrogens (tertiary/aromatic N) is 3. The van der Waals surface area contributed by atoms with Crippen molar-refractivity contribution in [2.45, 2.75) is 12.5 Å². The van der Waals surface area contributed by atoms with E-state index in [1.807, 2.05) is 48.5 Å². The van der Waals surface area contributed by atoms with Gasteiger partial charge in [0, 0.05) is 37.3 Å². The van der Waals surface area contributed by atoms with Gasteiger partial charge in [-0.1, -0.05) is 60.7 Å². The Kier molecular flexibility index (Phi) is 5.17. The van der Waals surface area contributed by atoms with Crippen LogP contribution in [0.2, 0.25) is 0 Å². The topological polar surface area (TPSA) is 74.4 Å². The van der Waals surface area contributed by atoms with Crippen molar-refractivity contribution < 1.29 is 9.52 Å². The fourth-order valence-electron chi connectivity index (χ4n) is 4.09. The summed E-state index contributed by atoms with van der Waals surface area (Å²) in [5.41, 5.74) is 3.64. The van der Waals surface area contributed by atoms with Crippen LogP contribution in [0.3, 0.4) is 0 Å². The Hall–Kier alpha value is -3.22. The van der Waals surface area contributed by atoms with Crippen LogP contribution in [0.15, 0.2) is 71.4 Å². The smallest absolute Gasteiger partial charge is 0.232 e. The van der Waals surface area contributed by atoms with Crippen LogP contribution in [0, 0.1) is 0 Å². The highest BCUT2D eigenvalue weighted by atomic mass is 16.3. The van der Waals surface area contributed by atoms with Crippen LogP contribution >= 0.6 is 0 Å². The van der Waals surface area contributed by atoms with E-state index < -0.39 is 0 Å². The molecular formula is C24H24N4O2. The highest BCUT2D eigenvalue weighted by molar-refractivity contribution is 6.05. The van der Waals surface area contributed by atoms with E-state index in [2.05, 4.69) is 32.3 Å². The number of rotatable bonds is 6. The molecule has 0 spiro atoms. The lowest BCUT2D eigenvalue weighted by Crippen LogP contribution is -2.28. The first-order chi connectivity index (χ1) is 14.8. The van der Waals surface area contributed by atoms with Gasteiger partial charge in [-0.2, -0.15) is 0 Å². The zero-order valence-electron chi connectivity index (χ0n) is 16.7. The van der Waals surface area contributed by atoms with Crippen molar-refractivity contribution in [3.8, 4) is 22.5 Å². The van der Waals surface area contributed by atoms with Gasteiger partial charge >= 0.3 is 0 Å². The largest absolute Gasteiger partial charge is 0.437 e. The summed E-state index contributed by atoms with van der Waals surface area (Å²) in [6.45, 7) is 3.26. The van der Waals surface area contributed by atoms with E-state index in [0.29, 0.717) is 5.71 Å². The molecule has 1 unspecified atom stereocenters. The molecule has 1 saturated heterocycles. The summed E-state index contributed by atoms with van der Waals surface area (Å²) >= 11 is 0. The molecule has 0 radical (unpaired) electrons. The van der Waals surface area contributed by atoms with Crippen molar-refractivity contribution in [1.82, 2.24) is 14.9 Å². The van der Waals surface area contributed by atoms with Gasteiger partial charge in [0.15, 0.2) is 0 Å². The molecular weight excluding hydrogens is 376 g/mol. The predicted octanol–water partition coefficient (Wildman–Crippen LogP) is 4.04. The van der Waals surface area contributed by atoms with E-state index in [1.54, 1.807) is 0 Å². The number of hydrogen-bond donors (Lipinski definition) is 2. The molecule has 30 heavy (non-hydrogen) atoms. The SMILES string of the molecule is OC1CCN(CCNc2ncnc3oc(-c4ccccc4)c(-c4ccccc4)c23)C1. The summed E-state index contributed by atoms with van der Waals surface area (Å²) in [5, 5.41) is 14.1. The lowest BCUT2D eigenvalue weighted by atomic mass is 9.99. The monoisotopic (exact) mass is 400 g/mol. The van der Waals surface area contributed by atoms with Gasteiger partial charge < -0.3 is 14.8 Å². The fourth-order valence-corrected chi connectivity index (χ4v) is 4.09. The Morgan fingerprint density at radius 1 is 1.00 bits per heavy atom. The molecule has 1 fully saturated rings. The van der Waals surface area contributed by atoms with Crippen LogP contribution in [0.1, 0.15) is 6.42 Å². The van der Waals surface area contributed by atoms with Gasteiger partial charge in [-0.3, -0.25) is 4.90 Å². The Balaban J connectivity index is 1.55. The van der Waals surface area contributed by atoms with E-state index in [4.69, 9.17) is 4.42 Å². The molecule has 2 aromatic heterocycles. The van der Waals surface area contributed by atoms with E-state index in [1.165, 1.54) is 6.33 Å². The average Bonchev–Trinajstić information content (AvgIpc) is 3.39. The third-order valence-electron chi connectivity index (χ3n) is 5.55. The summed E-state index contributed by atoms with van der Waals surface area (Å²) in [5.74, 6) is 1.56. The molecule has 1 aliphatic rings. The van der Waals surface area contributed by atoms with Crippen molar-refractivity contribution in [3.63, 3.8) is 0 Å². The highest BCUT2D eigenvalue weighted by Crippen LogP contribution is 2.42. The normalized spacial score (nSPS) is 16.9. The maximum atomic E-state index is 9.74. The third kappa shape index (κ3) is 3.67. The Bertz CT molecular complexity index is 1130. The molecule has 4 aromatic rings. The summed E-state index contributed by atoms with van der Waals surface area (Å²) in [6, 6.07) is 20.3. The molecule has 1 aliphatic heterocycles. The van der Waals surface area contributed by atoms with Crippen molar-refractivity contribution in [2.75, 3.05) is 31.5 Å². The van der Waals surface area contributed by atoms with E-state index in [9.17, 15) is 5.11 Å². The molecule has 3 heterocycles. The Morgan fingerprint density at radius 3 is 2.43 bits per heavy atom. The molecule has 0 amide bonds. The molecule has 0 bridgehead atoms. The van der Waals surface area contributed by atoms with Crippen molar-refractivity contribution in [2.24, 2.45) is 0 Å². The second kappa shape index (κ2) is 8.26. The van der Waals surface area contributed by atoms with E-state index >= 15 is 0 Å². The van der Waals surface area contributed by atoms with Crippen molar-refractivity contribution in [3.05, 3.63) is 67.0 Å². The summed E-state index contributed by atoms with van der Waals surface area (Å²) < 4.78 is 6.24. The number of likely N-dealkylation sites (tertiary alicyclic amines) is 1. The van der Waals surface area contributed by atoms with Gasteiger partial charge in [0.2, 0.25) is 5.71 Å². The van der Waals surface area contributed by atoms with Crippen LogP contribution in [0.25, 0.3) is 33.6 Å². The molecule has 0 saturated carbocycles. The van der Waals surface area contributed by atoms with Crippen LogP contribution < -0.4 is 5.32 Å². The van der Waals surface area contributed by atoms with Gasteiger partial charge in [-0.25, -0.2) is 9.97 Å². The number of β-amino-alcohol motifs (C(OH)–C–C–N with tert-alkyl or cyclic N) is 1.